The average Bonchev–Trinajstić information content (AvgIpc) is 3.34. The first-order chi connectivity index (χ1) is 15.4. The second kappa shape index (κ2) is 11.8. The minimum atomic E-state index is 0.382. The van der Waals surface area contributed by atoms with Crippen molar-refractivity contribution >= 4 is 11.6 Å². The molecule has 1 unspecified atom stereocenters. The molecule has 168 valence electrons. The molecule has 0 spiro atoms. The Kier molecular flexibility index (Phi) is 8.24. The van der Waals surface area contributed by atoms with Crippen LogP contribution in [0.5, 0.6) is 0 Å². The van der Waals surface area contributed by atoms with Crippen molar-refractivity contribution in [1.82, 2.24) is 15.5 Å². The molecular formula is C24H35N5O2. The Morgan fingerprint density at radius 2 is 1.94 bits per heavy atom. The first-order valence-electron chi connectivity index (χ1n) is 11.5. The summed E-state index contributed by atoms with van der Waals surface area (Å²) in [6, 6.07) is 15.0. The lowest BCUT2D eigenvalue weighted by molar-refractivity contribution is 0.0394. The van der Waals surface area contributed by atoms with Gasteiger partial charge in [-0.2, -0.15) is 0 Å². The third kappa shape index (κ3) is 7.01. The summed E-state index contributed by atoms with van der Waals surface area (Å²) in [7, 11) is 0. The van der Waals surface area contributed by atoms with E-state index in [1.54, 1.807) is 6.26 Å². The first-order valence-corrected chi connectivity index (χ1v) is 11.5. The number of piperidine rings is 1. The molecule has 2 aliphatic rings. The van der Waals surface area contributed by atoms with E-state index in [-0.39, 0.29) is 0 Å². The molecule has 3 heterocycles. The number of hydrogen-bond donors (Lipinski definition) is 2. The Bertz CT molecular complexity index is 775. The van der Waals surface area contributed by atoms with Crippen LogP contribution in [0.3, 0.4) is 0 Å². The smallest absolute Gasteiger partial charge is 0.191 e. The van der Waals surface area contributed by atoms with Crippen LogP contribution in [0, 0.1) is 0 Å². The molecule has 2 aliphatic heterocycles. The lowest BCUT2D eigenvalue weighted by Crippen LogP contribution is -2.51. The topological polar surface area (TPSA) is 65.3 Å². The van der Waals surface area contributed by atoms with Crippen LogP contribution >= 0.6 is 0 Å². The number of ether oxygens (including phenoxy) is 1. The van der Waals surface area contributed by atoms with Crippen LogP contribution in [0.15, 0.2) is 58.1 Å². The second-order valence-corrected chi connectivity index (χ2v) is 8.21. The molecule has 2 aromatic rings. The fourth-order valence-corrected chi connectivity index (χ4v) is 4.20. The van der Waals surface area contributed by atoms with Crippen molar-refractivity contribution in [1.29, 1.82) is 0 Å². The van der Waals surface area contributed by atoms with E-state index in [0.29, 0.717) is 6.04 Å². The Labute approximate surface area is 185 Å². The number of nitrogens with zero attached hydrogens (tertiary/aromatic N) is 3. The van der Waals surface area contributed by atoms with Gasteiger partial charge in [-0.15, -0.1) is 0 Å². The third-order valence-corrected chi connectivity index (χ3v) is 5.92. The number of furan rings is 1. The molecule has 31 heavy (non-hydrogen) atoms. The summed E-state index contributed by atoms with van der Waals surface area (Å²) in [5.74, 6) is 1.90. The van der Waals surface area contributed by atoms with Gasteiger partial charge in [0.1, 0.15) is 5.76 Å². The first kappa shape index (κ1) is 21.7. The fraction of sp³-hybridized carbons (Fsp3) is 0.542. The van der Waals surface area contributed by atoms with Crippen molar-refractivity contribution in [3.05, 3.63) is 54.5 Å². The summed E-state index contributed by atoms with van der Waals surface area (Å²) in [5, 5.41) is 7.21. The van der Waals surface area contributed by atoms with Gasteiger partial charge in [-0.1, -0.05) is 18.2 Å². The van der Waals surface area contributed by atoms with Crippen LogP contribution in [0.25, 0.3) is 0 Å². The van der Waals surface area contributed by atoms with Crippen molar-refractivity contribution in [2.75, 3.05) is 63.9 Å². The number of para-hydroxylation sites is 1. The molecule has 1 atom stereocenters. The lowest BCUT2D eigenvalue weighted by Gasteiger charge is -2.35. The van der Waals surface area contributed by atoms with Crippen molar-refractivity contribution in [2.24, 2.45) is 4.99 Å². The van der Waals surface area contributed by atoms with E-state index in [9.17, 15) is 0 Å². The highest BCUT2D eigenvalue weighted by Crippen LogP contribution is 2.19. The van der Waals surface area contributed by atoms with Crippen LogP contribution < -0.4 is 15.5 Å². The summed E-state index contributed by atoms with van der Waals surface area (Å²) in [5.41, 5.74) is 1.30. The molecule has 1 aromatic carbocycles. The number of nitrogens with one attached hydrogen (secondary N) is 2. The van der Waals surface area contributed by atoms with Crippen molar-refractivity contribution in [3.8, 4) is 0 Å². The molecule has 0 aliphatic carbocycles. The quantitative estimate of drug-likeness (QED) is 0.500. The zero-order valence-corrected chi connectivity index (χ0v) is 18.3. The molecule has 1 aromatic heterocycles. The van der Waals surface area contributed by atoms with Gasteiger partial charge in [0, 0.05) is 57.4 Å². The molecule has 0 radical (unpaired) electrons. The van der Waals surface area contributed by atoms with Gasteiger partial charge >= 0.3 is 0 Å². The second-order valence-electron chi connectivity index (χ2n) is 8.21. The summed E-state index contributed by atoms with van der Waals surface area (Å²) in [6.07, 6.45) is 4.91. The largest absolute Gasteiger partial charge is 0.469 e. The lowest BCUT2D eigenvalue weighted by atomic mass is 10.1. The molecule has 0 saturated carbocycles. The van der Waals surface area contributed by atoms with E-state index >= 15 is 0 Å². The molecule has 2 saturated heterocycles. The van der Waals surface area contributed by atoms with Crippen LogP contribution in [0.2, 0.25) is 0 Å². The third-order valence-electron chi connectivity index (χ3n) is 5.92. The van der Waals surface area contributed by atoms with Gasteiger partial charge in [0.2, 0.25) is 0 Å². The predicted octanol–water partition coefficient (Wildman–Crippen LogP) is 2.36. The molecule has 2 fully saturated rings. The summed E-state index contributed by atoms with van der Waals surface area (Å²) >= 11 is 0. The summed E-state index contributed by atoms with van der Waals surface area (Å²) < 4.78 is 10.9. The molecule has 0 bridgehead atoms. The number of hydrogen-bond acceptors (Lipinski definition) is 5. The maximum atomic E-state index is 5.46. The Hall–Kier alpha value is -2.51. The maximum absolute atomic E-state index is 5.46. The van der Waals surface area contributed by atoms with E-state index in [4.69, 9.17) is 14.1 Å². The number of morpholine rings is 1. The van der Waals surface area contributed by atoms with Gasteiger partial charge in [-0.3, -0.25) is 9.89 Å². The molecular weight excluding hydrogens is 390 g/mol. The molecule has 7 heteroatoms. The van der Waals surface area contributed by atoms with Crippen LogP contribution in [0.4, 0.5) is 5.69 Å². The number of aliphatic imine (C=N–C) groups is 1. The highest BCUT2D eigenvalue weighted by atomic mass is 16.5. The van der Waals surface area contributed by atoms with E-state index in [1.807, 2.05) is 12.1 Å². The van der Waals surface area contributed by atoms with Crippen molar-refractivity contribution in [2.45, 2.75) is 25.3 Å². The highest BCUT2D eigenvalue weighted by molar-refractivity contribution is 5.80. The van der Waals surface area contributed by atoms with E-state index in [2.05, 4.69) is 50.8 Å². The average molecular weight is 426 g/mol. The Morgan fingerprint density at radius 3 is 2.74 bits per heavy atom. The summed E-state index contributed by atoms with van der Waals surface area (Å²) in [6.45, 7) is 8.30. The van der Waals surface area contributed by atoms with Gasteiger partial charge in [-0.05, 0) is 37.1 Å². The van der Waals surface area contributed by atoms with Crippen LogP contribution in [-0.4, -0.2) is 75.9 Å². The fourth-order valence-electron chi connectivity index (χ4n) is 4.20. The van der Waals surface area contributed by atoms with Gasteiger partial charge in [0.25, 0.3) is 0 Å². The number of rotatable bonds is 8. The van der Waals surface area contributed by atoms with Gasteiger partial charge in [0.15, 0.2) is 5.96 Å². The van der Waals surface area contributed by atoms with Gasteiger partial charge in [0.05, 0.1) is 26.0 Å². The highest BCUT2D eigenvalue weighted by Gasteiger charge is 2.21. The van der Waals surface area contributed by atoms with Crippen molar-refractivity contribution in [3.63, 3.8) is 0 Å². The normalized spacial score (nSPS) is 20.6. The van der Waals surface area contributed by atoms with E-state index in [1.165, 1.54) is 12.1 Å². The standard InChI is InChI=1S/C24H35N5O2/c1-2-7-22(8-3-1)29-13-4-6-21(20-29)27-24(25-11-10-23-9-5-17-31-23)26-12-14-28-15-18-30-19-16-28/h1-3,5,7-9,17,21H,4,6,10-16,18-20H2,(H2,25,26,27). The Morgan fingerprint density at radius 1 is 1.06 bits per heavy atom. The van der Waals surface area contributed by atoms with E-state index < -0.39 is 0 Å². The molecule has 4 rings (SSSR count). The maximum Gasteiger partial charge on any atom is 0.191 e. The minimum absolute atomic E-state index is 0.382. The van der Waals surface area contributed by atoms with Gasteiger partial charge < -0.3 is 24.7 Å². The SMILES string of the molecule is c1ccc(N2CCCC(NC(=NCCN3CCOCC3)NCCc3ccco3)C2)cc1. The number of guanidine groups is 1. The zero-order chi connectivity index (χ0) is 21.1. The molecule has 0 amide bonds. The number of benzene rings is 1. The Balaban J connectivity index is 1.32. The zero-order valence-electron chi connectivity index (χ0n) is 18.3. The summed E-state index contributed by atoms with van der Waals surface area (Å²) in [4.78, 5) is 9.78. The minimum Gasteiger partial charge on any atom is -0.469 e. The van der Waals surface area contributed by atoms with E-state index in [0.717, 1.165) is 83.6 Å². The number of anilines is 1. The van der Waals surface area contributed by atoms with Gasteiger partial charge in [-0.25, -0.2) is 0 Å². The van der Waals surface area contributed by atoms with Crippen molar-refractivity contribution < 1.29 is 9.15 Å². The predicted molar refractivity (Wildman–Crippen MR) is 125 cm³/mol. The molecule has 7 nitrogen and oxygen atoms in total. The van der Waals surface area contributed by atoms with Crippen LogP contribution in [0.1, 0.15) is 18.6 Å². The monoisotopic (exact) mass is 425 g/mol. The molecule has 2 N–H and O–H groups in total. The van der Waals surface area contributed by atoms with Crippen LogP contribution in [-0.2, 0) is 11.2 Å².